The molecule has 36 heavy (non-hydrogen) atoms. The number of carbonyl (C=O) groups is 1. The highest BCUT2D eigenvalue weighted by Crippen LogP contribution is 2.37. The van der Waals surface area contributed by atoms with Gasteiger partial charge in [0.15, 0.2) is 0 Å². The summed E-state index contributed by atoms with van der Waals surface area (Å²) in [5.41, 5.74) is -1.18. The van der Waals surface area contributed by atoms with E-state index in [4.69, 9.17) is 4.74 Å². The lowest BCUT2D eigenvalue weighted by Crippen LogP contribution is -2.43. The van der Waals surface area contributed by atoms with E-state index in [1.165, 1.54) is 18.5 Å². The van der Waals surface area contributed by atoms with Crippen LogP contribution in [0.15, 0.2) is 24.7 Å². The molecule has 0 spiro atoms. The lowest BCUT2D eigenvalue weighted by Gasteiger charge is -2.30. The molecule has 2 saturated heterocycles. The molecule has 2 fully saturated rings. The molecule has 4 rings (SSSR count). The second-order valence-electron chi connectivity index (χ2n) is 8.98. The standard InChI is InChI=1S/C23H29F3N6O3S/c1-36(34)32-6-2-3-16(14-32)22(33)31-20-9-17(18(11-29-20)23(24,25)26)19-12-27-13-21(30-19)28-10-15-4-7-35-8-5-15/h9,11-13,15-16H,2-8,10,14H2,1H3,(H,28,30)(H,29,31,33)/t16-,36?/m0/s1. The van der Waals surface area contributed by atoms with Crippen molar-refractivity contribution in [2.45, 2.75) is 31.9 Å². The van der Waals surface area contributed by atoms with Gasteiger partial charge in [-0.2, -0.15) is 13.2 Å². The van der Waals surface area contributed by atoms with E-state index >= 15 is 0 Å². The number of nitrogens with one attached hydrogen (secondary N) is 2. The molecule has 196 valence electrons. The topological polar surface area (TPSA) is 115 Å². The van der Waals surface area contributed by atoms with E-state index in [9.17, 15) is 22.5 Å². The maximum Gasteiger partial charge on any atom is 0.418 e. The lowest BCUT2D eigenvalue weighted by atomic mass is 9.98. The quantitative estimate of drug-likeness (QED) is 0.528. The normalized spacial score (nSPS) is 20.6. The summed E-state index contributed by atoms with van der Waals surface area (Å²) >= 11 is -1.20. The predicted molar refractivity (Wildman–Crippen MR) is 129 cm³/mol. The number of aromatic nitrogens is 3. The first-order valence-electron chi connectivity index (χ1n) is 11.8. The van der Waals surface area contributed by atoms with Crippen molar-refractivity contribution in [3.63, 3.8) is 0 Å². The van der Waals surface area contributed by atoms with Gasteiger partial charge >= 0.3 is 6.18 Å². The second-order valence-corrected chi connectivity index (χ2v) is 10.3. The molecule has 1 unspecified atom stereocenters. The summed E-state index contributed by atoms with van der Waals surface area (Å²) in [6, 6.07) is 1.17. The molecule has 0 bridgehead atoms. The number of hydrogen-bond donors (Lipinski definition) is 2. The lowest BCUT2D eigenvalue weighted by molar-refractivity contribution is -0.137. The summed E-state index contributed by atoms with van der Waals surface area (Å²) < 4.78 is 60.2. The van der Waals surface area contributed by atoms with Crippen molar-refractivity contribution in [1.29, 1.82) is 0 Å². The van der Waals surface area contributed by atoms with Gasteiger partial charge in [0.2, 0.25) is 5.91 Å². The number of carbonyl (C=O) groups excluding carboxylic acids is 1. The molecule has 2 aromatic rings. The molecule has 2 aromatic heterocycles. The Morgan fingerprint density at radius 2 is 2.00 bits per heavy atom. The first kappa shape index (κ1) is 26.6. The van der Waals surface area contributed by atoms with Crippen LogP contribution in [-0.4, -0.2) is 68.8 Å². The Balaban J connectivity index is 1.53. The Morgan fingerprint density at radius 3 is 2.72 bits per heavy atom. The SMILES string of the molecule is C[S+]([O-])N1CCC[C@H](C(=O)Nc2cc(-c3cncc(NCC4CCOCC4)n3)c(C(F)(F)F)cn2)C1. The van der Waals surface area contributed by atoms with E-state index in [-0.39, 0.29) is 23.0 Å². The first-order valence-corrected chi connectivity index (χ1v) is 13.3. The highest BCUT2D eigenvalue weighted by Gasteiger charge is 2.36. The van der Waals surface area contributed by atoms with Gasteiger partial charge in [-0.25, -0.2) is 9.97 Å². The zero-order valence-electron chi connectivity index (χ0n) is 19.9. The van der Waals surface area contributed by atoms with Gasteiger partial charge in [0, 0.05) is 49.4 Å². The van der Waals surface area contributed by atoms with Crippen molar-refractivity contribution in [3.8, 4) is 11.3 Å². The van der Waals surface area contributed by atoms with E-state index in [0.29, 0.717) is 63.6 Å². The zero-order chi connectivity index (χ0) is 25.7. The van der Waals surface area contributed by atoms with Gasteiger partial charge in [-0.05, 0) is 37.7 Å². The van der Waals surface area contributed by atoms with Gasteiger partial charge in [0.1, 0.15) is 17.9 Å². The second kappa shape index (κ2) is 11.7. The van der Waals surface area contributed by atoms with E-state index < -0.39 is 29.0 Å². The number of hydrogen-bond acceptors (Lipinski definition) is 8. The number of halogens is 3. The number of amides is 1. The van der Waals surface area contributed by atoms with Crippen LogP contribution in [0.25, 0.3) is 11.3 Å². The summed E-state index contributed by atoms with van der Waals surface area (Å²) in [6.45, 7) is 2.94. The van der Waals surface area contributed by atoms with Gasteiger partial charge in [-0.1, -0.05) is 0 Å². The van der Waals surface area contributed by atoms with Crippen molar-refractivity contribution < 1.29 is 27.3 Å². The van der Waals surface area contributed by atoms with Crippen LogP contribution in [0, 0.1) is 11.8 Å². The fraction of sp³-hybridized carbons (Fsp3) is 0.565. The summed E-state index contributed by atoms with van der Waals surface area (Å²) in [5.74, 6) is -0.0722. The maximum absolute atomic E-state index is 13.8. The monoisotopic (exact) mass is 526 g/mol. The van der Waals surface area contributed by atoms with Crippen LogP contribution < -0.4 is 10.6 Å². The van der Waals surface area contributed by atoms with Crippen LogP contribution in [0.4, 0.5) is 24.8 Å². The van der Waals surface area contributed by atoms with Crippen LogP contribution in [0.5, 0.6) is 0 Å². The Kier molecular flexibility index (Phi) is 8.65. The van der Waals surface area contributed by atoms with Gasteiger partial charge in [0.25, 0.3) is 0 Å². The molecular weight excluding hydrogens is 497 g/mol. The summed E-state index contributed by atoms with van der Waals surface area (Å²) in [6.07, 6.45) is 3.40. The number of piperidine rings is 1. The number of rotatable bonds is 7. The number of alkyl halides is 3. The summed E-state index contributed by atoms with van der Waals surface area (Å²) in [7, 11) is 0. The minimum absolute atomic E-state index is 0.0138. The Labute approximate surface area is 210 Å². The van der Waals surface area contributed by atoms with Crippen LogP contribution in [0.2, 0.25) is 0 Å². The third-order valence-electron chi connectivity index (χ3n) is 6.40. The average molecular weight is 527 g/mol. The summed E-state index contributed by atoms with van der Waals surface area (Å²) in [4.78, 5) is 25.1. The molecule has 9 nitrogen and oxygen atoms in total. The fourth-order valence-corrected chi connectivity index (χ4v) is 5.14. The van der Waals surface area contributed by atoms with Gasteiger partial charge in [-0.15, -0.1) is 4.31 Å². The fourth-order valence-electron chi connectivity index (χ4n) is 4.36. The minimum Gasteiger partial charge on any atom is -0.598 e. The van der Waals surface area contributed by atoms with Crippen LogP contribution >= 0.6 is 0 Å². The molecule has 4 heterocycles. The van der Waals surface area contributed by atoms with Gasteiger partial charge in [0.05, 0.1) is 36.1 Å². The Hall–Kier alpha value is -2.48. The van der Waals surface area contributed by atoms with E-state index in [0.717, 1.165) is 12.8 Å². The van der Waals surface area contributed by atoms with Crippen LogP contribution in [0.1, 0.15) is 31.2 Å². The minimum atomic E-state index is -4.67. The molecule has 0 radical (unpaired) electrons. The zero-order valence-corrected chi connectivity index (χ0v) is 20.7. The third kappa shape index (κ3) is 6.84. The molecule has 0 saturated carbocycles. The molecule has 2 aliphatic heterocycles. The smallest absolute Gasteiger partial charge is 0.418 e. The number of pyridine rings is 1. The Morgan fingerprint density at radius 1 is 1.22 bits per heavy atom. The van der Waals surface area contributed by atoms with E-state index in [1.54, 1.807) is 10.6 Å². The highest BCUT2D eigenvalue weighted by atomic mass is 32.2. The van der Waals surface area contributed by atoms with Crippen molar-refractivity contribution in [2.75, 3.05) is 49.7 Å². The van der Waals surface area contributed by atoms with Gasteiger partial charge in [-0.3, -0.25) is 9.78 Å². The van der Waals surface area contributed by atoms with E-state index in [2.05, 4.69) is 25.6 Å². The highest BCUT2D eigenvalue weighted by molar-refractivity contribution is 7.88. The number of anilines is 2. The van der Waals surface area contributed by atoms with Crippen molar-refractivity contribution in [1.82, 2.24) is 19.3 Å². The Bertz CT molecular complexity index is 1050. The number of nitrogens with zero attached hydrogens (tertiary/aromatic N) is 4. The maximum atomic E-state index is 13.8. The van der Waals surface area contributed by atoms with Crippen LogP contribution in [0.3, 0.4) is 0 Å². The van der Waals surface area contributed by atoms with Crippen molar-refractivity contribution >= 4 is 28.9 Å². The first-order chi connectivity index (χ1) is 17.2. The summed E-state index contributed by atoms with van der Waals surface area (Å²) in [5, 5.41) is 5.78. The largest absolute Gasteiger partial charge is 0.598 e. The molecule has 0 aliphatic carbocycles. The van der Waals surface area contributed by atoms with Gasteiger partial charge < -0.3 is 19.9 Å². The predicted octanol–water partition coefficient (Wildman–Crippen LogP) is 3.34. The van der Waals surface area contributed by atoms with Crippen molar-refractivity contribution in [2.24, 2.45) is 11.8 Å². The third-order valence-corrected chi connectivity index (χ3v) is 7.46. The van der Waals surface area contributed by atoms with E-state index in [1.807, 2.05) is 0 Å². The molecule has 2 N–H and O–H groups in total. The molecule has 1 amide bonds. The number of ether oxygens (including phenoxy) is 1. The average Bonchev–Trinajstić information content (AvgIpc) is 2.87. The molecule has 2 aliphatic rings. The van der Waals surface area contributed by atoms with Crippen molar-refractivity contribution in [3.05, 3.63) is 30.2 Å². The molecule has 2 atom stereocenters. The molecular formula is C23H29F3N6O3S. The molecule has 13 heteroatoms. The van der Waals surface area contributed by atoms with Crippen LogP contribution in [-0.2, 0) is 27.1 Å². The molecule has 0 aromatic carbocycles.